The summed E-state index contributed by atoms with van der Waals surface area (Å²) in [6.45, 7) is 3.88. The summed E-state index contributed by atoms with van der Waals surface area (Å²) < 4.78 is 0. The van der Waals surface area contributed by atoms with Gasteiger partial charge in [0.15, 0.2) is 0 Å². The fraction of sp³-hybridized carbons (Fsp3) is 0.100. The standard InChI is InChI=1S/C20H17N5O/c1-13-5-3-6-14(2)18(13)25-19(26)17-9-10-22-20(24-17)23-16-8-4-7-15(11-16)12-21/h3-11H,1-2H3,(H,25,26)(H,22,23,24). The molecule has 0 aliphatic heterocycles. The van der Waals surface area contributed by atoms with E-state index < -0.39 is 0 Å². The highest BCUT2D eigenvalue weighted by Gasteiger charge is 2.12. The summed E-state index contributed by atoms with van der Waals surface area (Å²) in [4.78, 5) is 20.9. The summed E-state index contributed by atoms with van der Waals surface area (Å²) in [5.41, 5.74) is 4.21. The molecule has 3 rings (SSSR count). The van der Waals surface area contributed by atoms with Crippen LogP contribution in [0.4, 0.5) is 17.3 Å². The van der Waals surface area contributed by atoms with Gasteiger partial charge in [-0.05, 0) is 49.2 Å². The van der Waals surface area contributed by atoms with Crippen LogP contribution < -0.4 is 10.6 Å². The van der Waals surface area contributed by atoms with Crippen molar-refractivity contribution in [1.82, 2.24) is 9.97 Å². The van der Waals surface area contributed by atoms with Crippen molar-refractivity contribution in [2.75, 3.05) is 10.6 Å². The highest BCUT2D eigenvalue weighted by atomic mass is 16.1. The number of carbonyl (C=O) groups excluding carboxylic acids is 1. The number of carbonyl (C=O) groups is 1. The SMILES string of the molecule is Cc1cccc(C)c1NC(=O)c1ccnc(Nc2cccc(C#N)c2)n1. The third kappa shape index (κ3) is 3.84. The van der Waals surface area contributed by atoms with Gasteiger partial charge in [-0.1, -0.05) is 24.3 Å². The van der Waals surface area contributed by atoms with E-state index >= 15 is 0 Å². The van der Waals surface area contributed by atoms with E-state index in [-0.39, 0.29) is 17.5 Å². The van der Waals surface area contributed by atoms with Crippen LogP contribution in [0.25, 0.3) is 0 Å². The van der Waals surface area contributed by atoms with Crippen LogP contribution >= 0.6 is 0 Å². The van der Waals surface area contributed by atoms with Crippen LogP contribution in [0, 0.1) is 25.2 Å². The minimum Gasteiger partial charge on any atom is -0.324 e. The smallest absolute Gasteiger partial charge is 0.274 e. The number of benzene rings is 2. The molecule has 0 saturated heterocycles. The van der Waals surface area contributed by atoms with Gasteiger partial charge in [0.25, 0.3) is 5.91 Å². The lowest BCUT2D eigenvalue weighted by molar-refractivity contribution is 0.102. The fourth-order valence-corrected chi connectivity index (χ4v) is 2.53. The van der Waals surface area contributed by atoms with Gasteiger partial charge in [0.05, 0.1) is 11.6 Å². The van der Waals surface area contributed by atoms with Gasteiger partial charge >= 0.3 is 0 Å². The topological polar surface area (TPSA) is 90.7 Å². The van der Waals surface area contributed by atoms with Crippen LogP contribution in [0.3, 0.4) is 0 Å². The summed E-state index contributed by atoms with van der Waals surface area (Å²) in [7, 11) is 0. The van der Waals surface area contributed by atoms with Gasteiger partial charge in [0, 0.05) is 17.6 Å². The van der Waals surface area contributed by atoms with Crippen LogP contribution in [0.1, 0.15) is 27.2 Å². The van der Waals surface area contributed by atoms with Crippen LogP contribution in [-0.4, -0.2) is 15.9 Å². The zero-order valence-corrected chi connectivity index (χ0v) is 14.4. The summed E-state index contributed by atoms with van der Waals surface area (Å²) >= 11 is 0. The highest BCUT2D eigenvalue weighted by molar-refractivity contribution is 6.03. The average Bonchev–Trinajstić information content (AvgIpc) is 2.65. The first-order chi connectivity index (χ1) is 12.6. The molecule has 26 heavy (non-hydrogen) atoms. The molecule has 1 heterocycles. The number of anilines is 3. The molecule has 1 aromatic heterocycles. The molecule has 128 valence electrons. The number of para-hydroxylation sites is 1. The number of hydrogen-bond donors (Lipinski definition) is 2. The maximum atomic E-state index is 12.6. The lowest BCUT2D eigenvalue weighted by atomic mass is 10.1. The monoisotopic (exact) mass is 343 g/mol. The van der Waals surface area contributed by atoms with Crippen molar-refractivity contribution in [3.63, 3.8) is 0 Å². The Balaban J connectivity index is 1.80. The Morgan fingerprint density at radius 2 is 1.81 bits per heavy atom. The molecule has 0 bridgehead atoms. The molecule has 6 nitrogen and oxygen atoms in total. The van der Waals surface area contributed by atoms with Gasteiger partial charge in [-0.3, -0.25) is 4.79 Å². The van der Waals surface area contributed by atoms with Crippen molar-refractivity contribution < 1.29 is 4.79 Å². The molecular formula is C20H17N5O. The summed E-state index contributed by atoms with van der Waals surface area (Å²) in [5, 5.41) is 14.9. The average molecular weight is 343 g/mol. The molecule has 6 heteroatoms. The van der Waals surface area contributed by atoms with E-state index in [9.17, 15) is 4.79 Å². The highest BCUT2D eigenvalue weighted by Crippen LogP contribution is 2.20. The van der Waals surface area contributed by atoms with Gasteiger partial charge in [0.2, 0.25) is 5.95 Å². The van der Waals surface area contributed by atoms with Crippen molar-refractivity contribution >= 4 is 23.2 Å². The quantitative estimate of drug-likeness (QED) is 0.748. The summed E-state index contributed by atoms with van der Waals surface area (Å²) in [5.74, 6) is -0.0205. The third-order valence-electron chi connectivity index (χ3n) is 3.86. The minimum absolute atomic E-state index is 0.251. The van der Waals surface area contributed by atoms with Crippen LogP contribution in [0.15, 0.2) is 54.7 Å². The number of amides is 1. The second kappa shape index (κ2) is 7.45. The Hall–Kier alpha value is -3.72. The normalized spacial score (nSPS) is 10.0. The van der Waals surface area contributed by atoms with Crippen LogP contribution in [-0.2, 0) is 0 Å². The van der Waals surface area contributed by atoms with Crippen molar-refractivity contribution in [3.05, 3.63) is 77.1 Å². The molecular weight excluding hydrogens is 326 g/mol. The fourth-order valence-electron chi connectivity index (χ4n) is 2.53. The first-order valence-electron chi connectivity index (χ1n) is 8.04. The van der Waals surface area contributed by atoms with E-state index in [1.165, 1.54) is 6.20 Å². The Kier molecular flexibility index (Phi) is 4.90. The number of rotatable bonds is 4. The van der Waals surface area contributed by atoms with Gasteiger partial charge in [-0.25, -0.2) is 9.97 Å². The number of nitrogens with zero attached hydrogens (tertiary/aromatic N) is 3. The molecule has 0 atom stereocenters. The maximum Gasteiger partial charge on any atom is 0.274 e. The molecule has 2 aromatic carbocycles. The van der Waals surface area contributed by atoms with E-state index in [2.05, 4.69) is 26.7 Å². The predicted molar refractivity (Wildman–Crippen MR) is 100 cm³/mol. The van der Waals surface area contributed by atoms with Crippen molar-refractivity contribution in [2.24, 2.45) is 0 Å². The Morgan fingerprint density at radius 1 is 1.08 bits per heavy atom. The number of nitrogens with one attached hydrogen (secondary N) is 2. The summed E-state index contributed by atoms with van der Waals surface area (Å²) in [6.07, 6.45) is 1.52. The van der Waals surface area contributed by atoms with Gasteiger partial charge in [-0.2, -0.15) is 5.26 Å². The number of nitriles is 1. The van der Waals surface area contributed by atoms with E-state index in [0.717, 1.165) is 16.8 Å². The van der Waals surface area contributed by atoms with Crippen molar-refractivity contribution in [1.29, 1.82) is 5.26 Å². The van der Waals surface area contributed by atoms with Gasteiger partial charge in [-0.15, -0.1) is 0 Å². The van der Waals surface area contributed by atoms with E-state index in [1.807, 2.05) is 32.0 Å². The van der Waals surface area contributed by atoms with E-state index in [4.69, 9.17) is 5.26 Å². The molecule has 0 aliphatic rings. The summed E-state index contributed by atoms with van der Waals surface area (Å²) in [6, 6.07) is 16.4. The molecule has 0 saturated carbocycles. The number of aromatic nitrogens is 2. The number of aryl methyl sites for hydroxylation is 2. The molecule has 2 N–H and O–H groups in total. The molecule has 3 aromatic rings. The predicted octanol–water partition coefficient (Wildman–Crippen LogP) is 3.96. The molecule has 0 spiro atoms. The van der Waals surface area contributed by atoms with Crippen molar-refractivity contribution in [2.45, 2.75) is 13.8 Å². The zero-order chi connectivity index (χ0) is 18.5. The second-order valence-corrected chi connectivity index (χ2v) is 5.80. The van der Waals surface area contributed by atoms with E-state index in [0.29, 0.717) is 11.3 Å². The Bertz CT molecular complexity index is 987. The minimum atomic E-state index is -0.307. The van der Waals surface area contributed by atoms with Crippen LogP contribution in [0.5, 0.6) is 0 Å². The zero-order valence-electron chi connectivity index (χ0n) is 14.4. The lowest BCUT2D eigenvalue weighted by Gasteiger charge is -2.11. The first-order valence-corrected chi connectivity index (χ1v) is 8.04. The Morgan fingerprint density at radius 3 is 2.54 bits per heavy atom. The van der Waals surface area contributed by atoms with Gasteiger partial charge < -0.3 is 10.6 Å². The second-order valence-electron chi connectivity index (χ2n) is 5.80. The molecule has 0 fully saturated rings. The Labute approximate surface area is 151 Å². The first kappa shape index (κ1) is 17.1. The molecule has 0 unspecified atom stereocenters. The largest absolute Gasteiger partial charge is 0.324 e. The lowest BCUT2D eigenvalue weighted by Crippen LogP contribution is -2.16. The number of hydrogen-bond acceptors (Lipinski definition) is 5. The van der Waals surface area contributed by atoms with Crippen molar-refractivity contribution in [3.8, 4) is 6.07 Å². The maximum absolute atomic E-state index is 12.6. The van der Waals surface area contributed by atoms with Gasteiger partial charge in [0.1, 0.15) is 5.69 Å². The van der Waals surface area contributed by atoms with Crippen LogP contribution in [0.2, 0.25) is 0 Å². The molecule has 1 amide bonds. The third-order valence-corrected chi connectivity index (χ3v) is 3.86. The van der Waals surface area contributed by atoms with E-state index in [1.54, 1.807) is 30.3 Å². The molecule has 0 radical (unpaired) electrons. The molecule has 0 aliphatic carbocycles.